The fourth-order valence-corrected chi connectivity index (χ4v) is 1.88. The lowest BCUT2D eigenvalue weighted by atomic mass is 10.1. The number of alkyl halides is 3. The summed E-state index contributed by atoms with van der Waals surface area (Å²) < 4.78 is 25.3. The molecule has 0 bridgehead atoms. The number of nitrogens with zero attached hydrogens (tertiary/aromatic N) is 1. The summed E-state index contributed by atoms with van der Waals surface area (Å²) in [4.78, 5) is 3.93. The molecule has 0 spiro atoms. The van der Waals surface area contributed by atoms with E-state index in [1.54, 1.807) is 6.92 Å². The van der Waals surface area contributed by atoms with E-state index in [-0.39, 0.29) is 11.4 Å². The quantitative estimate of drug-likeness (QED) is 0.744. The normalized spacial score (nSPS) is 10.9. The van der Waals surface area contributed by atoms with Gasteiger partial charge in [-0.05, 0) is 28.4 Å². The topological polar surface area (TPSA) is 12.9 Å². The van der Waals surface area contributed by atoms with Crippen molar-refractivity contribution >= 4 is 27.5 Å². The largest absolute Gasteiger partial charge is 0.265 e. The van der Waals surface area contributed by atoms with E-state index >= 15 is 0 Å². The summed E-state index contributed by atoms with van der Waals surface area (Å²) in [6.07, 6.45) is -1.15. The molecule has 0 radical (unpaired) electrons. The summed E-state index contributed by atoms with van der Waals surface area (Å²) in [5.41, 5.74) is 0.935. The van der Waals surface area contributed by atoms with Crippen LogP contribution in [0.2, 0.25) is 0 Å². The zero-order chi connectivity index (χ0) is 10.0. The van der Waals surface area contributed by atoms with Gasteiger partial charge in [0.05, 0.1) is 11.6 Å². The van der Waals surface area contributed by atoms with E-state index in [4.69, 9.17) is 11.6 Å². The Kier molecular flexibility index (Phi) is 3.62. The van der Waals surface area contributed by atoms with Gasteiger partial charge in [-0.25, -0.2) is 8.78 Å². The summed E-state index contributed by atoms with van der Waals surface area (Å²) in [5.74, 6) is 0.152. The monoisotopic (exact) mass is 269 g/mol. The summed E-state index contributed by atoms with van der Waals surface area (Å²) in [5, 5.41) is 0. The number of hydrogen-bond acceptors (Lipinski definition) is 1. The standard InChI is InChI=1S/C8H7BrClF2N/c1-4-6(2-10)13-3-5(9)7(4)8(11)12/h3,8H,2H2,1H3. The van der Waals surface area contributed by atoms with Gasteiger partial charge in [-0.2, -0.15) is 0 Å². The zero-order valence-corrected chi connectivity index (χ0v) is 9.16. The molecule has 0 unspecified atom stereocenters. The summed E-state index contributed by atoms with van der Waals surface area (Å²) in [7, 11) is 0. The molecule has 1 heterocycles. The molecule has 5 heteroatoms. The molecule has 0 aromatic carbocycles. The minimum absolute atomic E-state index is 0.0225. The predicted octanol–water partition coefficient (Wildman–Crippen LogP) is 3.83. The van der Waals surface area contributed by atoms with E-state index in [0.717, 1.165) is 0 Å². The third-order valence-electron chi connectivity index (χ3n) is 1.77. The third-order valence-corrected chi connectivity index (χ3v) is 2.66. The first-order chi connectivity index (χ1) is 6.07. The van der Waals surface area contributed by atoms with Gasteiger partial charge < -0.3 is 0 Å². The summed E-state index contributed by atoms with van der Waals surface area (Å²) >= 11 is 8.56. The molecule has 1 nitrogen and oxygen atoms in total. The maximum Gasteiger partial charge on any atom is 0.265 e. The van der Waals surface area contributed by atoms with Crippen LogP contribution in [0.1, 0.15) is 23.2 Å². The second-order valence-corrected chi connectivity index (χ2v) is 3.65. The van der Waals surface area contributed by atoms with Crippen molar-refractivity contribution < 1.29 is 8.78 Å². The minimum atomic E-state index is -2.50. The van der Waals surface area contributed by atoms with E-state index in [1.165, 1.54) is 6.20 Å². The van der Waals surface area contributed by atoms with Gasteiger partial charge in [-0.15, -0.1) is 11.6 Å². The van der Waals surface area contributed by atoms with E-state index in [9.17, 15) is 8.78 Å². The molecule has 1 aromatic rings. The average Bonchev–Trinajstić information content (AvgIpc) is 2.04. The molecule has 1 rings (SSSR count). The Morgan fingerprint density at radius 1 is 1.62 bits per heavy atom. The van der Waals surface area contributed by atoms with Gasteiger partial charge in [-0.1, -0.05) is 0 Å². The van der Waals surface area contributed by atoms with Gasteiger partial charge in [-0.3, -0.25) is 4.98 Å². The van der Waals surface area contributed by atoms with Crippen LogP contribution in [-0.4, -0.2) is 4.98 Å². The van der Waals surface area contributed by atoms with E-state index in [1.807, 2.05) is 0 Å². The van der Waals surface area contributed by atoms with Gasteiger partial charge in [0.2, 0.25) is 0 Å². The van der Waals surface area contributed by atoms with Crippen molar-refractivity contribution in [1.29, 1.82) is 0 Å². The molecule has 0 saturated heterocycles. The van der Waals surface area contributed by atoms with Crippen LogP contribution in [0.3, 0.4) is 0 Å². The van der Waals surface area contributed by atoms with Crippen LogP contribution in [-0.2, 0) is 5.88 Å². The van der Waals surface area contributed by atoms with Crippen molar-refractivity contribution in [3.8, 4) is 0 Å². The van der Waals surface area contributed by atoms with Crippen molar-refractivity contribution in [2.75, 3.05) is 0 Å². The number of hydrogen-bond donors (Lipinski definition) is 0. The van der Waals surface area contributed by atoms with Gasteiger partial charge in [0, 0.05) is 16.2 Å². The van der Waals surface area contributed by atoms with Gasteiger partial charge in [0.1, 0.15) is 0 Å². The fourth-order valence-electron chi connectivity index (χ4n) is 1.04. The van der Waals surface area contributed by atoms with Crippen LogP contribution in [0.5, 0.6) is 0 Å². The molecule has 72 valence electrons. The van der Waals surface area contributed by atoms with E-state index in [0.29, 0.717) is 15.7 Å². The van der Waals surface area contributed by atoms with Crippen LogP contribution in [0.15, 0.2) is 10.7 Å². The first-order valence-corrected chi connectivity index (χ1v) is 4.88. The third kappa shape index (κ3) is 2.17. The van der Waals surface area contributed by atoms with Crippen molar-refractivity contribution in [3.05, 3.63) is 27.5 Å². The number of pyridine rings is 1. The molecule has 0 atom stereocenters. The second kappa shape index (κ2) is 4.33. The summed E-state index contributed by atoms with van der Waals surface area (Å²) in [6.45, 7) is 1.59. The highest BCUT2D eigenvalue weighted by Gasteiger charge is 2.17. The van der Waals surface area contributed by atoms with Crippen molar-refractivity contribution in [1.82, 2.24) is 4.98 Å². The lowest BCUT2D eigenvalue weighted by Gasteiger charge is -2.09. The molecule has 0 amide bonds. The number of aromatic nitrogens is 1. The fraction of sp³-hybridized carbons (Fsp3) is 0.375. The Balaban J connectivity index is 3.30. The summed E-state index contributed by atoms with van der Waals surface area (Å²) in [6, 6.07) is 0. The Morgan fingerprint density at radius 3 is 2.69 bits per heavy atom. The van der Waals surface area contributed by atoms with Gasteiger partial charge in [0.15, 0.2) is 0 Å². The average molecular weight is 271 g/mol. The van der Waals surface area contributed by atoms with Gasteiger partial charge >= 0.3 is 0 Å². The Bertz CT molecular complexity index is 317. The highest BCUT2D eigenvalue weighted by atomic mass is 79.9. The molecular weight excluding hydrogens is 263 g/mol. The molecule has 13 heavy (non-hydrogen) atoms. The minimum Gasteiger partial charge on any atom is -0.259 e. The smallest absolute Gasteiger partial charge is 0.259 e. The van der Waals surface area contributed by atoms with E-state index < -0.39 is 6.43 Å². The molecular formula is C8H7BrClF2N. The molecule has 0 aliphatic rings. The highest BCUT2D eigenvalue weighted by molar-refractivity contribution is 9.10. The molecule has 0 fully saturated rings. The Morgan fingerprint density at radius 2 is 2.23 bits per heavy atom. The first-order valence-electron chi connectivity index (χ1n) is 3.56. The molecule has 1 aromatic heterocycles. The lowest BCUT2D eigenvalue weighted by Crippen LogP contribution is -1.98. The van der Waals surface area contributed by atoms with E-state index in [2.05, 4.69) is 20.9 Å². The van der Waals surface area contributed by atoms with Crippen molar-refractivity contribution in [2.45, 2.75) is 19.2 Å². The van der Waals surface area contributed by atoms with Crippen molar-refractivity contribution in [3.63, 3.8) is 0 Å². The molecule has 0 aliphatic carbocycles. The van der Waals surface area contributed by atoms with Crippen LogP contribution < -0.4 is 0 Å². The molecule has 0 N–H and O–H groups in total. The molecule has 0 aliphatic heterocycles. The van der Waals surface area contributed by atoms with Gasteiger partial charge in [0.25, 0.3) is 6.43 Å². The second-order valence-electron chi connectivity index (χ2n) is 2.53. The van der Waals surface area contributed by atoms with Crippen LogP contribution >= 0.6 is 27.5 Å². The Labute approximate surface area is 88.2 Å². The maximum atomic E-state index is 12.5. The van der Waals surface area contributed by atoms with Crippen molar-refractivity contribution in [2.24, 2.45) is 0 Å². The van der Waals surface area contributed by atoms with Crippen LogP contribution in [0, 0.1) is 6.92 Å². The molecule has 0 saturated carbocycles. The van der Waals surface area contributed by atoms with Crippen LogP contribution in [0.25, 0.3) is 0 Å². The SMILES string of the molecule is Cc1c(CCl)ncc(Br)c1C(F)F. The highest BCUT2D eigenvalue weighted by Crippen LogP contribution is 2.31. The Hall–Kier alpha value is -0.220. The predicted molar refractivity (Wildman–Crippen MR) is 51.2 cm³/mol. The first kappa shape index (κ1) is 10.9. The number of halogens is 4. The maximum absolute atomic E-state index is 12.5. The van der Waals surface area contributed by atoms with Crippen LogP contribution in [0.4, 0.5) is 8.78 Å². The number of rotatable bonds is 2. The lowest BCUT2D eigenvalue weighted by molar-refractivity contribution is 0.149. The zero-order valence-electron chi connectivity index (χ0n) is 6.82.